The molecule has 2 aliphatic rings. The number of benzene rings is 1. The van der Waals surface area contributed by atoms with Crippen LogP contribution in [0.3, 0.4) is 0 Å². The molecule has 4 heteroatoms. The van der Waals surface area contributed by atoms with Crippen LogP contribution in [0.1, 0.15) is 33.1 Å². The number of amides is 1. The summed E-state index contributed by atoms with van der Waals surface area (Å²) < 4.78 is 5.31. The number of rotatable bonds is 3. The Morgan fingerprint density at radius 1 is 1.45 bits per heavy atom. The van der Waals surface area contributed by atoms with Crippen molar-refractivity contribution in [2.75, 3.05) is 12.4 Å². The normalized spacial score (nSPS) is 28.7. The second-order valence-corrected chi connectivity index (χ2v) is 7.46. The molecule has 0 spiro atoms. The smallest absolute Gasteiger partial charge is 0.234 e. The van der Waals surface area contributed by atoms with E-state index >= 15 is 0 Å². The van der Waals surface area contributed by atoms with Gasteiger partial charge in [-0.1, -0.05) is 37.6 Å². The van der Waals surface area contributed by atoms with Crippen LogP contribution < -0.4 is 10.1 Å². The standard InChI is InChI=1S/C18H22ClNO2/c1-11-17(2,3)12-7-8-18(11,10-12)16(21)20-14-9-13(19)5-6-15(14)22-4/h5-6,9,12H,1,7-8,10H2,2-4H3,(H,20,21)/t12-,18-/m1/s1. The van der Waals surface area contributed by atoms with Crippen LogP contribution in [0.5, 0.6) is 5.75 Å². The van der Waals surface area contributed by atoms with Gasteiger partial charge >= 0.3 is 0 Å². The van der Waals surface area contributed by atoms with Gasteiger partial charge in [-0.15, -0.1) is 0 Å². The summed E-state index contributed by atoms with van der Waals surface area (Å²) >= 11 is 6.04. The van der Waals surface area contributed by atoms with Crippen molar-refractivity contribution in [1.82, 2.24) is 0 Å². The van der Waals surface area contributed by atoms with E-state index in [9.17, 15) is 4.79 Å². The predicted molar refractivity (Wildman–Crippen MR) is 89.3 cm³/mol. The van der Waals surface area contributed by atoms with Crippen LogP contribution >= 0.6 is 11.6 Å². The number of carbonyl (C=O) groups is 1. The average molecular weight is 320 g/mol. The van der Waals surface area contributed by atoms with Gasteiger partial charge in [0, 0.05) is 5.02 Å². The second kappa shape index (κ2) is 5.02. The van der Waals surface area contributed by atoms with E-state index in [2.05, 4.69) is 25.7 Å². The summed E-state index contributed by atoms with van der Waals surface area (Å²) in [5, 5.41) is 3.59. The van der Waals surface area contributed by atoms with Gasteiger partial charge < -0.3 is 10.1 Å². The van der Waals surface area contributed by atoms with Crippen LogP contribution in [0.25, 0.3) is 0 Å². The molecular formula is C18H22ClNO2. The van der Waals surface area contributed by atoms with Crippen LogP contribution in [0.2, 0.25) is 5.02 Å². The maximum atomic E-state index is 13.0. The molecule has 118 valence electrons. The summed E-state index contributed by atoms with van der Waals surface area (Å²) in [5.41, 5.74) is 1.28. The summed E-state index contributed by atoms with van der Waals surface area (Å²) in [6, 6.07) is 5.24. The summed E-state index contributed by atoms with van der Waals surface area (Å²) in [7, 11) is 1.58. The monoisotopic (exact) mass is 319 g/mol. The Labute approximate surface area is 136 Å². The molecule has 2 aliphatic carbocycles. The third-order valence-electron chi connectivity index (χ3n) is 5.73. The van der Waals surface area contributed by atoms with Crippen molar-refractivity contribution in [2.45, 2.75) is 33.1 Å². The van der Waals surface area contributed by atoms with Gasteiger partial charge in [0.1, 0.15) is 5.75 Å². The predicted octanol–water partition coefficient (Wildman–Crippen LogP) is 4.67. The molecule has 0 unspecified atom stereocenters. The Hall–Kier alpha value is -1.48. The number of hydrogen-bond donors (Lipinski definition) is 1. The van der Waals surface area contributed by atoms with E-state index in [1.54, 1.807) is 25.3 Å². The van der Waals surface area contributed by atoms with Crippen molar-refractivity contribution in [1.29, 1.82) is 0 Å². The summed E-state index contributed by atoms with van der Waals surface area (Å²) in [6.07, 6.45) is 2.87. The highest BCUT2D eigenvalue weighted by Crippen LogP contribution is 2.65. The maximum Gasteiger partial charge on any atom is 0.234 e. The number of ether oxygens (including phenoxy) is 1. The lowest BCUT2D eigenvalue weighted by atomic mass is 9.68. The highest BCUT2D eigenvalue weighted by molar-refractivity contribution is 6.31. The fraction of sp³-hybridized carbons (Fsp3) is 0.500. The minimum atomic E-state index is -0.443. The molecule has 0 heterocycles. The molecule has 0 radical (unpaired) electrons. The molecule has 1 aromatic carbocycles. The van der Waals surface area contributed by atoms with Crippen LogP contribution in [0, 0.1) is 16.7 Å². The van der Waals surface area contributed by atoms with Crippen molar-refractivity contribution in [3.8, 4) is 5.75 Å². The maximum absolute atomic E-state index is 13.0. The highest BCUT2D eigenvalue weighted by atomic mass is 35.5. The SMILES string of the molecule is C=C1C(C)(C)[C@@H]2CC[C@@]1(C(=O)Nc1cc(Cl)ccc1OC)C2. The minimum Gasteiger partial charge on any atom is -0.495 e. The molecule has 1 N–H and O–H groups in total. The molecule has 1 amide bonds. The van der Waals surface area contributed by atoms with Crippen molar-refractivity contribution in [3.63, 3.8) is 0 Å². The molecule has 2 bridgehead atoms. The lowest BCUT2D eigenvalue weighted by molar-refractivity contribution is -0.123. The molecule has 2 saturated carbocycles. The van der Waals surface area contributed by atoms with Gasteiger partial charge in [-0.05, 0) is 48.8 Å². The van der Waals surface area contributed by atoms with Gasteiger partial charge in [-0.25, -0.2) is 0 Å². The van der Waals surface area contributed by atoms with Gasteiger partial charge in [0.15, 0.2) is 0 Å². The largest absolute Gasteiger partial charge is 0.495 e. The third-order valence-corrected chi connectivity index (χ3v) is 5.97. The van der Waals surface area contributed by atoms with Gasteiger partial charge in [-0.2, -0.15) is 0 Å². The van der Waals surface area contributed by atoms with Gasteiger partial charge in [-0.3, -0.25) is 4.79 Å². The molecule has 2 atom stereocenters. The van der Waals surface area contributed by atoms with Crippen LogP contribution in [-0.2, 0) is 4.79 Å². The molecule has 22 heavy (non-hydrogen) atoms. The van der Waals surface area contributed by atoms with E-state index in [0.29, 0.717) is 22.4 Å². The average Bonchev–Trinajstić information content (AvgIpc) is 2.99. The second-order valence-electron chi connectivity index (χ2n) is 7.02. The van der Waals surface area contributed by atoms with Crippen LogP contribution in [0.4, 0.5) is 5.69 Å². The van der Waals surface area contributed by atoms with Crippen molar-refractivity contribution in [3.05, 3.63) is 35.4 Å². The number of halogens is 1. The number of carbonyl (C=O) groups excluding carboxylic acids is 1. The van der Waals surface area contributed by atoms with Crippen LogP contribution in [-0.4, -0.2) is 13.0 Å². The van der Waals surface area contributed by atoms with E-state index in [0.717, 1.165) is 24.8 Å². The molecule has 1 aromatic rings. The van der Waals surface area contributed by atoms with E-state index < -0.39 is 5.41 Å². The zero-order valence-corrected chi connectivity index (χ0v) is 14.1. The fourth-order valence-corrected chi connectivity index (χ4v) is 4.33. The molecule has 2 fully saturated rings. The first-order chi connectivity index (χ1) is 10.3. The van der Waals surface area contributed by atoms with Crippen molar-refractivity contribution < 1.29 is 9.53 Å². The van der Waals surface area contributed by atoms with E-state index in [1.165, 1.54) is 0 Å². The van der Waals surface area contributed by atoms with Crippen LogP contribution in [0.15, 0.2) is 30.4 Å². The topological polar surface area (TPSA) is 38.3 Å². The van der Waals surface area contributed by atoms with E-state index in [1.807, 2.05) is 0 Å². The third kappa shape index (κ3) is 2.06. The Morgan fingerprint density at radius 3 is 2.77 bits per heavy atom. The zero-order chi connectivity index (χ0) is 16.1. The van der Waals surface area contributed by atoms with E-state index in [-0.39, 0.29) is 11.3 Å². The number of nitrogens with one attached hydrogen (secondary N) is 1. The molecule has 0 aliphatic heterocycles. The van der Waals surface area contributed by atoms with Crippen molar-refractivity contribution >= 4 is 23.2 Å². The number of anilines is 1. The van der Waals surface area contributed by atoms with Crippen molar-refractivity contribution in [2.24, 2.45) is 16.7 Å². The molecular weight excluding hydrogens is 298 g/mol. The Balaban J connectivity index is 1.90. The Morgan fingerprint density at radius 2 is 2.18 bits per heavy atom. The summed E-state index contributed by atoms with van der Waals surface area (Å²) in [6.45, 7) is 8.67. The summed E-state index contributed by atoms with van der Waals surface area (Å²) in [5.74, 6) is 1.18. The zero-order valence-electron chi connectivity index (χ0n) is 13.3. The number of fused-ring (bicyclic) bond motifs is 2. The fourth-order valence-electron chi connectivity index (χ4n) is 4.16. The Kier molecular flexibility index (Phi) is 3.52. The molecule has 0 saturated heterocycles. The first kappa shape index (κ1) is 15.4. The van der Waals surface area contributed by atoms with Gasteiger partial charge in [0.25, 0.3) is 0 Å². The summed E-state index contributed by atoms with van der Waals surface area (Å²) in [4.78, 5) is 13.0. The lowest BCUT2D eigenvalue weighted by Gasteiger charge is -2.37. The lowest BCUT2D eigenvalue weighted by Crippen LogP contribution is -2.37. The molecule has 3 rings (SSSR count). The molecule has 0 aromatic heterocycles. The number of hydrogen-bond acceptors (Lipinski definition) is 2. The van der Waals surface area contributed by atoms with E-state index in [4.69, 9.17) is 16.3 Å². The highest BCUT2D eigenvalue weighted by Gasteiger charge is 2.60. The van der Waals surface area contributed by atoms with Gasteiger partial charge in [0.05, 0.1) is 18.2 Å². The Bertz CT molecular complexity index is 652. The molecule has 3 nitrogen and oxygen atoms in total. The first-order valence-corrected chi connectivity index (χ1v) is 8.04. The number of methoxy groups -OCH3 is 1. The minimum absolute atomic E-state index is 0.0196. The first-order valence-electron chi connectivity index (χ1n) is 7.66. The quantitative estimate of drug-likeness (QED) is 0.822. The van der Waals surface area contributed by atoms with Gasteiger partial charge in [0.2, 0.25) is 5.91 Å².